The Morgan fingerprint density at radius 2 is 1.85 bits per heavy atom. The van der Waals surface area contributed by atoms with Crippen LogP contribution in [0.15, 0.2) is 18.2 Å². The van der Waals surface area contributed by atoms with Crippen LogP contribution < -0.4 is 0 Å². The van der Waals surface area contributed by atoms with Crippen molar-refractivity contribution in [1.29, 1.82) is 0 Å². The van der Waals surface area contributed by atoms with E-state index in [-0.39, 0.29) is 5.91 Å². The number of hydrogen-bond acceptors (Lipinski definition) is 3. The normalized spacial score (nSPS) is 18.1. The highest BCUT2D eigenvalue weighted by molar-refractivity contribution is 5.82. The lowest BCUT2D eigenvalue weighted by Gasteiger charge is -2.35. The molecule has 4 heteroatoms. The van der Waals surface area contributed by atoms with Gasteiger partial charge in [-0.1, -0.05) is 25.1 Å². The molecule has 4 nitrogen and oxygen atoms in total. The van der Waals surface area contributed by atoms with E-state index in [9.17, 15) is 9.90 Å². The number of nitrogens with zero attached hydrogens (tertiary/aromatic N) is 2. The van der Waals surface area contributed by atoms with Crippen LogP contribution in [-0.2, 0) is 4.79 Å². The van der Waals surface area contributed by atoms with Gasteiger partial charge in [-0.15, -0.1) is 0 Å². The van der Waals surface area contributed by atoms with Gasteiger partial charge in [0.05, 0.1) is 0 Å². The summed E-state index contributed by atoms with van der Waals surface area (Å²) in [6, 6.07) is 5.70. The van der Waals surface area contributed by atoms with Crippen LogP contribution in [-0.4, -0.2) is 53.5 Å². The highest BCUT2D eigenvalue weighted by Crippen LogP contribution is 2.20. The molecule has 0 aliphatic carbocycles. The second kappa shape index (κ2) is 6.37. The van der Waals surface area contributed by atoms with E-state index in [2.05, 4.69) is 11.8 Å². The van der Waals surface area contributed by atoms with Crippen molar-refractivity contribution in [2.75, 3.05) is 32.7 Å². The fraction of sp³-hybridized carbons (Fsp3) is 0.562. The van der Waals surface area contributed by atoms with Crippen LogP contribution in [0.2, 0.25) is 0 Å². The van der Waals surface area contributed by atoms with Gasteiger partial charge in [0.25, 0.3) is 5.91 Å². The van der Waals surface area contributed by atoms with E-state index < -0.39 is 6.10 Å². The molecule has 2 rings (SSSR count). The molecular formula is C16H24N2O2. The quantitative estimate of drug-likeness (QED) is 0.910. The topological polar surface area (TPSA) is 43.8 Å². The third-order valence-electron chi connectivity index (χ3n) is 4.21. The van der Waals surface area contributed by atoms with E-state index in [0.29, 0.717) is 18.7 Å². The van der Waals surface area contributed by atoms with E-state index in [1.54, 1.807) is 4.90 Å². The molecule has 1 unspecified atom stereocenters. The number of hydrogen-bond donors (Lipinski definition) is 1. The van der Waals surface area contributed by atoms with E-state index in [4.69, 9.17) is 0 Å². The van der Waals surface area contributed by atoms with Crippen molar-refractivity contribution >= 4 is 5.91 Å². The summed E-state index contributed by atoms with van der Waals surface area (Å²) in [5.74, 6) is -0.177. The molecular weight excluding hydrogens is 252 g/mol. The number of aliphatic hydroxyl groups excluding tert-OH is 1. The number of amides is 1. The Bertz CT molecular complexity index is 479. The van der Waals surface area contributed by atoms with Crippen molar-refractivity contribution in [3.8, 4) is 0 Å². The molecule has 20 heavy (non-hydrogen) atoms. The van der Waals surface area contributed by atoms with Crippen LogP contribution in [0.3, 0.4) is 0 Å². The zero-order valence-electron chi connectivity index (χ0n) is 12.6. The van der Waals surface area contributed by atoms with E-state index in [0.717, 1.165) is 25.2 Å². The zero-order chi connectivity index (χ0) is 14.7. The standard InChI is InChI=1S/C16H24N2O2/c1-4-17-7-9-18(10-8-17)16(20)15(19)14-6-5-12(2)13(3)11-14/h5-6,11,15,19H,4,7-10H2,1-3H3. The van der Waals surface area contributed by atoms with E-state index in [1.807, 2.05) is 32.0 Å². The monoisotopic (exact) mass is 276 g/mol. The number of carbonyl (C=O) groups is 1. The Labute approximate surface area is 121 Å². The highest BCUT2D eigenvalue weighted by Gasteiger charge is 2.26. The lowest BCUT2D eigenvalue weighted by Crippen LogP contribution is -2.49. The average molecular weight is 276 g/mol. The first kappa shape index (κ1) is 15.0. The molecule has 0 saturated carbocycles. The van der Waals surface area contributed by atoms with E-state index >= 15 is 0 Å². The van der Waals surface area contributed by atoms with Gasteiger partial charge in [-0.3, -0.25) is 4.79 Å². The third kappa shape index (κ3) is 3.19. The van der Waals surface area contributed by atoms with Crippen molar-refractivity contribution in [2.45, 2.75) is 26.9 Å². The summed E-state index contributed by atoms with van der Waals surface area (Å²) in [5.41, 5.74) is 2.96. The molecule has 1 heterocycles. The number of carbonyl (C=O) groups excluding carboxylic acids is 1. The molecule has 1 aliphatic rings. The molecule has 0 bridgehead atoms. The number of aliphatic hydroxyl groups is 1. The van der Waals surface area contributed by atoms with Gasteiger partial charge in [0.2, 0.25) is 0 Å². The molecule has 1 fully saturated rings. The van der Waals surface area contributed by atoms with Crippen LogP contribution in [0.1, 0.15) is 29.7 Å². The maximum Gasteiger partial charge on any atom is 0.256 e. The summed E-state index contributed by atoms with van der Waals surface area (Å²) in [6.07, 6.45) is -1.04. The van der Waals surface area contributed by atoms with Crippen molar-refractivity contribution in [3.63, 3.8) is 0 Å². The van der Waals surface area contributed by atoms with Gasteiger partial charge in [0.15, 0.2) is 6.10 Å². The van der Waals surface area contributed by atoms with Gasteiger partial charge in [-0.05, 0) is 37.1 Å². The summed E-state index contributed by atoms with van der Waals surface area (Å²) in [4.78, 5) is 16.4. The maximum atomic E-state index is 12.3. The third-order valence-corrected chi connectivity index (χ3v) is 4.21. The Morgan fingerprint density at radius 3 is 2.40 bits per heavy atom. The van der Waals surface area contributed by atoms with E-state index in [1.165, 1.54) is 5.56 Å². The summed E-state index contributed by atoms with van der Waals surface area (Å²) < 4.78 is 0. The average Bonchev–Trinajstić information content (AvgIpc) is 2.48. The molecule has 1 amide bonds. The fourth-order valence-electron chi connectivity index (χ4n) is 2.53. The van der Waals surface area contributed by atoms with Gasteiger partial charge >= 0.3 is 0 Å². The summed E-state index contributed by atoms with van der Waals surface area (Å²) in [7, 11) is 0. The molecule has 0 spiro atoms. The Balaban J connectivity index is 2.03. The largest absolute Gasteiger partial charge is 0.378 e. The number of aryl methyl sites for hydroxylation is 2. The molecule has 0 radical (unpaired) electrons. The lowest BCUT2D eigenvalue weighted by atomic mass is 10.0. The van der Waals surface area contributed by atoms with Crippen LogP contribution in [0.4, 0.5) is 0 Å². The second-order valence-electron chi connectivity index (χ2n) is 5.51. The minimum Gasteiger partial charge on any atom is -0.378 e. The van der Waals surface area contributed by atoms with Gasteiger partial charge in [0.1, 0.15) is 0 Å². The summed E-state index contributed by atoms with van der Waals surface area (Å²) >= 11 is 0. The molecule has 1 aromatic rings. The number of benzene rings is 1. The van der Waals surface area contributed by atoms with Crippen molar-refractivity contribution in [3.05, 3.63) is 34.9 Å². The van der Waals surface area contributed by atoms with Crippen LogP contribution in [0.5, 0.6) is 0 Å². The van der Waals surface area contributed by atoms with Gasteiger partial charge < -0.3 is 14.9 Å². The Kier molecular flexibility index (Phi) is 4.78. The molecule has 1 N–H and O–H groups in total. The second-order valence-corrected chi connectivity index (χ2v) is 5.51. The predicted molar refractivity (Wildman–Crippen MR) is 79.6 cm³/mol. The van der Waals surface area contributed by atoms with Crippen molar-refractivity contribution in [2.24, 2.45) is 0 Å². The number of rotatable bonds is 3. The van der Waals surface area contributed by atoms with Crippen LogP contribution in [0.25, 0.3) is 0 Å². The SMILES string of the molecule is CCN1CCN(C(=O)C(O)c2ccc(C)c(C)c2)CC1. The molecule has 1 aromatic carbocycles. The van der Waals surface area contributed by atoms with Crippen molar-refractivity contribution in [1.82, 2.24) is 9.80 Å². The first-order valence-electron chi connectivity index (χ1n) is 7.29. The molecule has 0 aromatic heterocycles. The Morgan fingerprint density at radius 1 is 1.20 bits per heavy atom. The minimum atomic E-state index is -1.04. The zero-order valence-corrected chi connectivity index (χ0v) is 12.6. The number of piperazine rings is 1. The first-order valence-corrected chi connectivity index (χ1v) is 7.29. The van der Waals surface area contributed by atoms with Crippen molar-refractivity contribution < 1.29 is 9.90 Å². The summed E-state index contributed by atoms with van der Waals surface area (Å²) in [6.45, 7) is 10.4. The first-order chi connectivity index (χ1) is 9.52. The van der Waals surface area contributed by atoms with Gasteiger partial charge in [0, 0.05) is 26.2 Å². The minimum absolute atomic E-state index is 0.177. The van der Waals surface area contributed by atoms with Gasteiger partial charge in [-0.25, -0.2) is 0 Å². The molecule has 1 aliphatic heterocycles. The smallest absolute Gasteiger partial charge is 0.256 e. The van der Waals surface area contributed by atoms with Crippen LogP contribution in [0, 0.1) is 13.8 Å². The fourth-order valence-corrected chi connectivity index (χ4v) is 2.53. The Hall–Kier alpha value is -1.39. The maximum absolute atomic E-state index is 12.3. The van der Waals surface area contributed by atoms with Crippen LogP contribution >= 0.6 is 0 Å². The highest BCUT2D eigenvalue weighted by atomic mass is 16.3. The van der Waals surface area contributed by atoms with Gasteiger partial charge in [-0.2, -0.15) is 0 Å². The molecule has 1 atom stereocenters. The lowest BCUT2D eigenvalue weighted by molar-refractivity contribution is -0.142. The molecule has 110 valence electrons. The predicted octanol–water partition coefficient (Wildman–Crippen LogP) is 1.50. The number of likely N-dealkylation sites (N-methyl/N-ethyl adjacent to an activating group) is 1. The molecule has 1 saturated heterocycles. The summed E-state index contributed by atoms with van der Waals surface area (Å²) in [5, 5.41) is 10.3.